The fourth-order valence-electron chi connectivity index (χ4n) is 3.56. The van der Waals surface area contributed by atoms with E-state index in [1.165, 1.54) is 6.07 Å². The van der Waals surface area contributed by atoms with Crippen LogP contribution in [0.15, 0.2) is 60.7 Å². The number of phenolic OH excluding ortho intramolecular Hbond substituents is 1. The molecule has 0 saturated carbocycles. The molecular formula is C21H15ClN2O5. The minimum absolute atomic E-state index is 0.00319. The second kappa shape index (κ2) is 7.44. The minimum Gasteiger partial charge on any atom is -0.501 e. The third-order valence-corrected chi connectivity index (χ3v) is 5.05. The van der Waals surface area contributed by atoms with Crippen LogP contribution < -0.4 is 5.32 Å². The summed E-state index contributed by atoms with van der Waals surface area (Å²) in [5.41, 5.74) is 3.51. The van der Waals surface area contributed by atoms with Gasteiger partial charge in [0.25, 0.3) is 0 Å². The molecule has 1 amide bonds. The van der Waals surface area contributed by atoms with Gasteiger partial charge in [-0.1, -0.05) is 60.1 Å². The Kier molecular flexibility index (Phi) is 4.82. The Labute approximate surface area is 170 Å². The van der Waals surface area contributed by atoms with Crippen molar-refractivity contribution in [3.63, 3.8) is 0 Å². The molecule has 0 unspecified atom stereocenters. The Morgan fingerprint density at radius 1 is 1.10 bits per heavy atom. The number of nitrogens with one attached hydrogen (secondary N) is 1. The monoisotopic (exact) mass is 410 g/mol. The molecule has 0 aliphatic heterocycles. The summed E-state index contributed by atoms with van der Waals surface area (Å²) in [4.78, 5) is 22.5. The molecule has 3 aromatic rings. The smallest absolute Gasteiger partial charge is 0.411 e. The lowest BCUT2D eigenvalue weighted by molar-refractivity contribution is -0.385. The first-order valence-electron chi connectivity index (χ1n) is 8.74. The highest BCUT2D eigenvalue weighted by molar-refractivity contribution is 6.31. The summed E-state index contributed by atoms with van der Waals surface area (Å²) in [6.45, 7) is 0.0727. The number of benzene rings is 3. The molecule has 2 N–H and O–H groups in total. The molecule has 3 aromatic carbocycles. The van der Waals surface area contributed by atoms with Crippen LogP contribution in [-0.2, 0) is 4.74 Å². The number of hydrogen-bond donors (Lipinski definition) is 2. The predicted octanol–water partition coefficient (Wildman–Crippen LogP) is 5.31. The van der Waals surface area contributed by atoms with Crippen molar-refractivity contribution in [2.24, 2.45) is 0 Å². The van der Waals surface area contributed by atoms with Gasteiger partial charge in [-0.25, -0.2) is 4.79 Å². The molecule has 1 aliphatic rings. The summed E-state index contributed by atoms with van der Waals surface area (Å²) in [5, 5.41) is 23.3. The molecule has 1 aliphatic carbocycles. The number of carbonyl (C=O) groups excluding carboxylic acids is 1. The van der Waals surface area contributed by atoms with E-state index in [1.807, 2.05) is 48.5 Å². The molecule has 0 fully saturated rings. The summed E-state index contributed by atoms with van der Waals surface area (Å²) in [7, 11) is 0. The molecule has 0 radical (unpaired) electrons. The molecule has 4 rings (SSSR count). The van der Waals surface area contributed by atoms with Crippen molar-refractivity contribution in [3.05, 3.63) is 86.9 Å². The number of nitro groups is 1. The van der Waals surface area contributed by atoms with Gasteiger partial charge in [-0.05, 0) is 28.3 Å². The summed E-state index contributed by atoms with van der Waals surface area (Å²) in [6.07, 6.45) is -0.848. The molecule has 0 heterocycles. The van der Waals surface area contributed by atoms with Crippen LogP contribution in [0.25, 0.3) is 11.1 Å². The van der Waals surface area contributed by atoms with Crippen molar-refractivity contribution >= 4 is 29.1 Å². The lowest BCUT2D eigenvalue weighted by atomic mass is 9.98. The topological polar surface area (TPSA) is 102 Å². The van der Waals surface area contributed by atoms with Gasteiger partial charge in [-0.2, -0.15) is 0 Å². The van der Waals surface area contributed by atoms with E-state index in [0.717, 1.165) is 28.3 Å². The number of hydrogen-bond acceptors (Lipinski definition) is 5. The average molecular weight is 411 g/mol. The number of anilines is 1. The maximum absolute atomic E-state index is 12.3. The Morgan fingerprint density at radius 2 is 1.69 bits per heavy atom. The summed E-state index contributed by atoms with van der Waals surface area (Å²) < 4.78 is 5.36. The Bertz CT molecular complexity index is 1090. The van der Waals surface area contributed by atoms with E-state index >= 15 is 0 Å². The van der Waals surface area contributed by atoms with Crippen molar-refractivity contribution in [1.82, 2.24) is 0 Å². The third-order valence-electron chi connectivity index (χ3n) is 4.83. The number of amides is 1. The molecule has 8 heteroatoms. The van der Waals surface area contributed by atoms with Gasteiger partial charge < -0.3 is 9.84 Å². The molecule has 0 bridgehead atoms. The molecule has 0 aromatic heterocycles. The van der Waals surface area contributed by atoms with Crippen molar-refractivity contribution in [1.29, 1.82) is 0 Å². The number of aromatic hydroxyl groups is 1. The number of nitro benzene ring substituents is 1. The number of phenols is 1. The quantitative estimate of drug-likeness (QED) is 0.344. The summed E-state index contributed by atoms with van der Waals surface area (Å²) >= 11 is 5.83. The summed E-state index contributed by atoms with van der Waals surface area (Å²) in [6, 6.07) is 18.0. The molecule has 0 saturated heterocycles. The minimum atomic E-state index is -0.848. The normalized spacial score (nSPS) is 12.2. The lowest BCUT2D eigenvalue weighted by Crippen LogP contribution is -2.18. The zero-order chi connectivity index (χ0) is 20.5. The first-order valence-corrected chi connectivity index (χ1v) is 9.12. The van der Waals surface area contributed by atoms with Gasteiger partial charge in [0, 0.05) is 17.0 Å². The van der Waals surface area contributed by atoms with Crippen molar-refractivity contribution < 1.29 is 19.6 Å². The van der Waals surface area contributed by atoms with Gasteiger partial charge >= 0.3 is 11.8 Å². The highest BCUT2D eigenvalue weighted by atomic mass is 35.5. The Morgan fingerprint density at radius 3 is 2.28 bits per heavy atom. The van der Waals surface area contributed by atoms with E-state index in [9.17, 15) is 20.0 Å². The van der Waals surface area contributed by atoms with Gasteiger partial charge in [0.05, 0.1) is 10.6 Å². The Hall–Kier alpha value is -3.58. The zero-order valence-electron chi connectivity index (χ0n) is 15.0. The van der Waals surface area contributed by atoms with E-state index in [0.29, 0.717) is 0 Å². The highest BCUT2D eigenvalue weighted by Gasteiger charge is 2.29. The second-order valence-electron chi connectivity index (χ2n) is 6.53. The van der Waals surface area contributed by atoms with Crippen molar-refractivity contribution in [3.8, 4) is 16.9 Å². The lowest BCUT2D eigenvalue weighted by Gasteiger charge is -2.15. The van der Waals surface area contributed by atoms with Crippen LogP contribution in [0, 0.1) is 10.1 Å². The first-order chi connectivity index (χ1) is 14.0. The molecule has 0 atom stereocenters. The number of fused-ring (bicyclic) bond motifs is 3. The SMILES string of the molecule is O=C(Nc1cc(Cl)cc([N+](=O)[O-])c1O)OCC1c2ccccc2-c2ccccc21. The fourth-order valence-corrected chi connectivity index (χ4v) is 3.78. The molecule has 29 heavy (non-hydrogen) atoms. The maximum Gasteiger partial charge on any atom is 0.411 e. The Balaban J connectivity index is 1.52. The standard InChI is InChI=1S/C21H15ClN2O5/c22-12-9-18(20(25)19(10-12)24(27)28)23-21(26)29-11-17-15-7-3-1-5-13(15)14-6-2-4-8-16(14)17/h1-10,17,25H,11H2,(H,23,26). The van der Waals surface area contributed by atoms with Gasteiger partial charge in [-0.15, -0.1) is 0 Å². The average Bonchev–Trinajstić information content (AvgIpc) is 3.02. The first kappa shape index (κ1) is 18.8. The van der Waals surface area contributed by atoms with Gasteiger partial charge in [0.2, 0.25) is 5.75 Å². The number of rotatable bonds is 4. The van der Waals surface area contributed by atoms with E-state index in [2.05, 4.69) is 5.32 Å². The number of carbonyl (C=O) groups is 1. The predicted molar refractivity (Wildman–Crippen MR) is 108 cm³/mol. The van der Waals surface area contributed by atoms with Gasteiger partial charge in [-0.3, -0.25) is 15.4 Å². The fraction of sp³-hybridized carbons (Fsp3) is 0.0952. The van der Waals surface area contributed by atoms with Gasteiger partial charge in [0.1, 0.15) is 6.61 Å². The van der Waals surface area contributed by atoms with Crippen LogP contribution in [0.2, 0.25) is 5.02 Å². The van der Waals surface area contributed by atoms with Crippen molar-refractivity contribution in [2.45, 2.75) is 5.92 Å². The van der Waals surface area contributed by atoms with Crippen molar-refractivity contribution in [2.75, 3.05) is 11.9 Å². The number of halogens is 1. The molecule has 7 nitrogen and oxygen atoms in total. The van der Waals surface area contributed by atoms with E-state index in [4.69, 9.17) is 16.3 Å². The van der Waals surface area contributed by atoms with Crippen LogP contribution in [0.3, 0.4) is 0 Å². The maximum atomic E-state index is 12.3. The summed E-state index contributed by atoms with van der Waals surface area (Å²) in [5.74, 6) is -0.816. The van der Waals surface area contributed by atoms with Crippen LogP contribution in [0.1, 0.15) is 17.0 Å². The molecular weight excluding hydrogens is 396 g/mol. The van der Waals surface area contributed by atoms with E-state index < -0.39 is 22.5 Å². The van der Waals surface area contributed by atoms with E-state index in [-0.39, 0.29) is 23.2 Å². The zero-order valence-corrected chi connectivity index (χ0v) is 15.7. The van der Waals surface area contributed by atoms with E-state index in [1.54, 1.807) is 0 Å². The third kappa shape index (κ3) is 3.48. The second-order valence-corrected chi connectivity index (χ2v) is 6.97. The van der Waals surface area contributed by atoms with Crippen LogP contribution in [-0.4, -0.2) is 22.7 Å². The highest BCUT2D eigenvalue weighted by Crippen LogP contribution is 2.44. The van der Waals surface area contributed by atoms with Crippen LogP contribution in [0.4, 0.5) is 16.2 Å². The number of nitrogens with zero attached hydrogens (tertiary/aromatic N) is 1. The van der Waals surface area contributed by atoms with Crippen LogP contribution in [0.5, 0.6) is 5.75 Å². The number of ether oxygens (including phenoxy) is 1. The van der Waals surface area contributed by atoms with Crippen LogP contribution >= 0.6 is 11.6 Å². The molecule has 0 spiro atoms. The van der Waals surface area contributed by atoms with Gasteiger partial charge in [0.15, 0.2) is 0 Å². The largest absolute Gasteiger partial charge is 0.501 e. The molecule has 146 valence electrons.